The van der Waals surface area contributed by atoms with Crippen molar-refractivity contribution in [2.75, 3.05) is 7.11 Å². The number of aromatic nitrogens is 2. The van der Waals surface area contributed by atoms with Crippen molar-refractivity contribution < 1.29 is 14.5 Å². The molecule has 0 saturated heterocycles. The van der Waals surface area contributed by atoms with Crippen molar-refractivity contribution in [3.63, 3.8) is 0 Å². The number of nitro groups is 1. The number of methoxy groups -OCH3 is 1. The normalized spacial score (nSPS) is 11.0. The lowest BCUT2D eigenvalue weighted by atomic mass is 10.2. The highest BCUT2D eigenvalue weighted by Gasteiger charge is 2.17. The number of benzene rings is 2. The van der Waals surface area contributed by atoms with E-state index in [2.05, 4.69) is 15.3 Å². The van der Waals surface area contributed by atoms with Gasteiger partial charge in [0.25, 0.3) is 5.69 Å². The summed E-state index contributed by atoms with van der Waals surface area (Å²) < 4.78 is 6.36. The van der Waals surface area contributed by atoms with Gasteiger partial charge in [0.2, 0.25) is 0 Å². The van der Waals surface area contributed by atoms with Crippen LogP contribution in [-0.4, -0.2) is 27.8 Å². The summed E-state index contributed by atoms with van der Waals surface area (Å²) in [6.45, 7) is 3.57. The summed E-state index contributed by atoms with van der Waals surface area (Å²) >= 11 is 6.07. The highest BCUT2D eigenvalue weighted by molar-refractivity contribution is 6.33. The number of azo groups is 1. The van der Waals surface area contributed by atoms with E-state index in [-0.39, 0.29) is 16.3 Å². The van der Waals surface area contributed by atoms with Crippen molar-refractivity contribution in [3.05, 3.63) is 74.6 Å². The molecule has 0 aliphatic carbocycles. The fraction of sp³-hybridized carbons (Fsp3) is 0.158. The Balaban J connectivity index is 1.98. The Morgan fingerprint density at radius 1 is 1.21 bits per heavy atom. The number of rotatable bonds is 5. The van der Waals surface area contributed by atoms with Gasteiger partial charge in [-0.05, 0) is 38.1 Å². The minimum absolute atomic E-state index is 0.0675. The Morgan fingerprint density at radius 2 is 1.97 bits per heavy atom. The zero-order chi connectivity index (χ0) is 21.1. The predicted molar refractivity (Wildman–Crippen MR) is 107 cm³/mol. The number of aryl methyl sites for hydroxylation is 1. The minimum Gasteiger partial charge on any atom is -0.465 e. The highest BCUT2D eigenvalue weighted by atomic mass is 35.5. The smallest absolute Gasteiger partial charge is 0.339 e. The summed E-state index contributed by atoms with van der Waals surface area (Å²) in [6.07, 6.45) is 0. The first-order chi connectivity index (χ1) is 13.8. The molecular formula is C19H16ClN5O4. The summed E-state index contributed by atoms with van der Waals surface area (Å²) in [5, 5.41) is 23.9. The van der Waals surface area contributed by atoms with Crippen LogP contribution in [0, 0.1) is 24.0 Å². The lowest BCUT2D eigenvalue weighted by Crippen LogP contribution is -2.05. The number of carbonyl (C=O) groups is 1. The van der Waals surface area contributed by atoms with Gasteiger partial charge in [-0.15, -0.1) is 5.11 Å². The lowest BCUT2D eigenvalue weighted by Gasteiger charge is -2.08. The number of esters is 1. The molecule has 0 saturated carbocycles. The summed E-state index contributed by atoms with van der Waals surface area (Å²) in [4.78, 5) is 22.3. The third-order valence-corrected chi connectivity index (χ3v) is 4.49. The third kappa shape index (κ3) is 4.14. The maximum absolute atomic E-state index is 11.9. The molecule has 29 heavy (non-hydrogen) atoms. The van der Waals surface area contributed by atoms with Crippen LogP contribution in [-0.2, 0) is 4.74 Å². The number of non-ortho nitro benzene ring substituents is 1. The van der Waals surface area contributed by atoms with Crippen molar-refractivity contribution in [2.45, 2.75) is 13.8 Å². The average molecular weight is 414 g/mol. The number of ether oxygens (including phenoxy) is 1. The van der Waals surface area contributed by atoms with Crippen LogP contribution in [0.3, 0.4) is 0 Å². The molecule has 0 aliphatic rings. The van der Waals surface area contributed by atoms with Crippen LogP contribution in [0.5, 0.6) is 0 Å². The second kappa shape index (κ2) is 8.19. The number of nitrogens with zero attached hydrogens (tertiary/aromatic N) is 5. The number of hydrogen-bond donors (Lipinski definition) is 0. The first kappa shape index (κ1) is 20.2. The predicted octanol–water partition coefficient (Wildman–Crippen LogP) is 5.25. The standard InChI is InChI=1S/C19H16ClN5O4/c1-11-18(22-21-13-5-4-6-15(9-13)25(27)28)12(2)24(23-11)14-7-8-17(20)16(10-14)19(26)29-3/h4-10H,1-3H3. The lowest BCUT2D eigenvalue weighted by molar-refractivity contribution is -0.384. The Bertz CT molecular complexity index is 1140. The third-order valence-electron chi connectivity index (χ3n) is 4.16. The molecule has 1 heterocycles. The van der Waals surface area contributed by atoms with Gasteiger partial charge in [0.15, 0.2) is 0 Å². The largest absolute Gasteiger partial charge is 0.465 e. The van der Waals surface area contributed by atoms with E-state index in [0.29, 0.717) is 28.5 Å². The van der Waals surface area contributed by atoms with Gasteiger partial charge in [0, 0.05) is 12.1 Å². The van der Waals surface area contributed by atoms with Gasteiger partial charge in [-0.1, -0.05) is 17.7 Å². The molecule has 2 aromatic carbocycles. The molecule has 0 radical (unpaired) electrons. The molecule has 9 nitrogen and oxygen atoms in total. The van der Waals surface area contributed by atoms with E-state index in [1.165, 1.54) is 25.3 Å². The number of hydrogen-bond acceptors (Lipinski definition) is 7. The monoisotopic (exact) mass is 413 g/mol. The minimum atomic E-state index is -0.552. The molecule has 0 aliphatic heterocycles. The van der Waals surface area contributed by atoms with E-state index in [1.807, 2.05) is 0 Å². The Hall–Kier alpha value is -3.59. The van der Waals surface area contributed by atoms with Crippen molar-refractivity contribution in [2.24, 2.45) is 10.2 Å². The summed E-state index contributed by atoms with van der Waals surface area (Å²) in [6, 6.07) is 10.8. The van der Waals surface area contributed by atoms with Crippen LogP contribution in [0.4, 0.5) is 17.1 Å². The molecule has 0 atom stereocenters. The summed E-state index contributed by atoms with van der Waals surface area (Å²) in [7, 11) is 1.28. The van der Waals surface area contributed by atoms with Gasteiger partial charge in [-0.2, -0.15) is 10.2 Å². The molecule has 0 N–H and O–H groups in total. The van der Waals surface area contributed by atoms with Crippen LogP contribution >= 0.6 is 11.6 Å². The maximum Gasteiger partial charge on any atom is 0.339 e. The zero-order valence-corrected chi connectivity index (χ0v) is 16.5. The molecule has 0 bridgehead atoms. The topological polar surface area (TPSA) is 112 Å². The fourth-order valence-electron chi connectivity index (χ4n) is 2.72. The second-order valence-corrected chi connectivity index (χ2v) is 6.47. The number of carbonyl (C=O) groups excluding carboxylic acids is 1. The summed E-state index contributed by atoms with van der Waals surface area (Å²) in [5.74, 6) is -0.552. The summed E-state index contributed by atoms with van der Waals surface area (Å²) in [5.41, 5.74) is 2.91. The quantitative estimate of drug-likeness (QED) is 0.245. The first-order valence-corrected chi connectivity index (χ1v) is 8.80. The molecule has 10 heteroatoms. The Morgan fingerprint density at radius 3 is 2.66 bits per heavy atom. The van der Waals surface area contributed by atoms with Crippen LogP contribution in [0.15, 0.2) is 52.7 Å². The van der Waals surface area contributed by atoms with E-state index in [1.54, 1.807) is 42.8 Å². The molecule has 3 aromatic rings. The van der Waals surface area contributed by atoms with Gasteiger partial charge < -0.3 is 4.74 Å². The Kier molecular flexibility index (Phi) is 5.69. The molecule has 3 rings (SSSR count). The fourth-order valence-corrected chi connectivity index (χ4v) is 2.91. The highest BCUT2D eigenvalue weighted by Crippen LogP contribution is 2.30. The number of halogens is 1. The first-order valence-electron chi connectivity index (χ1n) is 8.42. The van der Waals surface area contributed by atoms with Gasteiger partial charge in [-0.25, -0.2) is 9.48 Å². The van der Waals surface area contributed by atoms with Crippen LogP contribution < -0.4 is 0 Å². The van der Waals surface area contributed by atoms with Crippen molar-refractivity contribution >= 4 is 34.6 Å². The van der Waals surface area contributed by atoms with E-state index >= 15 is 0 Å². The molecular weight excluding hydrogens is 398 g/mol. The van der Waals surface area contributed by atoms with Gasteiger partial charge in [0.1, 0.15) is 5.69 Å². The average Bonchev–Trinajstić information content (AvgIpc) is 3.00. The van der Waals surface area contributed by atoms with Crippen LogP contribution in [0.1, 0.15) is 21.7 Å². The van der Waals surface area contributed by atoms with Crippen LogP contribution in [0.25, 0.3) is 5.69 Å². The second-order valence-electron chi connectivity index (χ2n) is 6.06. The van der Waals surface area contributed by atoms with E-state index in [0.717, 1.165) is 0 Å². The molecule has 1 aromatic heterocycles. The van der Waals surface area contributed by atoms with Crippen molar-refractivity contribution in [3.8, 4) is 5.69 Å². The molecule has 0 amide bonds. The Labute approximate surface area is 170 Å². The van der Waals surface area contributed by atoms with Crippen LogP contribution in [0.2, 0.25) is 5.02 Å². The number of nitro benzene ring substituents is 1. The van der Waals surface area contributed by atoms with E-state index < -0.39 is 10.9 Å². The van der Waals surface area contributed by atoms with E-state index in [4.69, 9.17) is 16.3 Å². The van der Waals surface area contributed by atoms with Crippen molar-refractivity contribution in [1.29, 1.82) is 0 Å². The zero-order valence-electron chi connectivity index (χ0n) is 15.8. The van der Waals surface area contributed by atoms with Gasteiger partial charge >= 0.3 is 5.97 Å². The molecule has 148 valence electrons. The maximum atomic E-state index is 11.9. The molecule has 0 fully saturated rings. The van der Waals surface area contributed by atoms with Gasteiger partial charge in [0.05, 0.1) is 45.4 Å². The van der Waals surface area contributed by atoms with Gasteiger partial charge in [-0.3, -0.25) is 10.1 Å². The molecule has 0 unspecified atom stereocenters. The molecule has 0 spiro atoms. The van der Waals surface area contributed by atoms with Crippen molar-refractivity contribution in [1.82, 2.24) is 9.78 Å². The van der Waals surface area contributed by atoms with E-state index in [9.17, 15) is 14.9 Å². The SMILES string of the molecule is COC(=O)c1cc(-n2nc(C)c(N=Nc3cccc([N+](=O)[O-])c3)c2C)ccc1Cl.